The molecule has 0 bridgehead atoms. The van der Waals surface area contributed by atoms with E-state index in [2.05, 4.69) is 44.5 Å². The minimum Gasteiger partial charge on any atom is -0.369 e. The van der Waals surface area contributed by atoms with Gasteiger partial charge in [0.1, 0.15) is 0 Å². The fourth-order valence-electron chi connectivity index (χ4n) is 2.34. The summed E-state index contributed by atoms with van der Waals surface area (Å²) in [6, 6.07) is 14.3. The Labute approximate surface area is 120 Å². The molecule has 0 saturated heterocycles. The second-order valence-corrected chi connectivity index (χ2v) is 5.44. The van der Waals surface area contributed by atoms with Crippen LogP contribution in [0.25, 0.3) is 11.0 Å². The van der Waals surface area contributed by atoms with Crippen LogP contribution in [0.3, 0.4) is 0 Å². The van der Waals surface area contributed by atoms with Crippen LogP contribution in [0.4, 0.5) is 5.95 Å². The van der Waals surface area contributed by atoms with Crippen molar-refractivity contribution in [3.05, 3.63) is 58.1 Å². The fraction of sp³-hybridized carbons (Fsp3) is 0.133. The van der Waals surface area contributed by atoms with Crippen LogP contribution in [0.2, 0.25) is 0 Å². The second kappa shape index (κ2) is 4.70. The Morgan fingerprint density at radius 1 is 1.16 bits per heavy atom. The zero-order chi connectivity index (χ0) is 13.4. The first kappa shape index (κ1) is 12.2. The van der Waals surface area contributed by atoms with Crippen molar-refractivity contribution in [2.24, 2.45) is 0 Å². The van der Waals surface area contributed by atoms with Gasteiger partial charge in [0, 0.05) is 4.47 Å². The van der Waals surface area contributed by atoms with Crippen molar-refractivity contribution in [1.82, 2.24) is 9.55 Å². The summed E-state index contributed by atoms with van der Waals surface area (Å²) in [4.78, 5) is 4.43. The van der Waals surface area contributed by atoms with Gasteiger partial charge < -0.3 is 10.3 Å². The fourth-order valence-corrected chi connectivity index (χ4v) is 2.75. The van der Waals surface area contributed by atoms with Crippen molar-refractivity contribution < 1.29 is 0 Å². The SMILES string of the molecule is Cc1cccc2nc(N)n(Cc3ccccc3Br)c12. The zero-order valence-corrected chi connectivity index (χ0v) is 12.2. The first-order chi connectivity index (χ1) is 9.16. The summed E-state index contributed by atoms with van der Waals surface area (Å²) in [5.41, 5.74) is 10.5. The molecule has 3 rings (SSSR count). The molecular weight excluding hydrogens is 302 g/mol. The first-order valence-electron chi connectivity index (χ1n) is 6.11. The molecule has 0 aliphatic carbocycles. The molecule has 0 unspecified atom stereocenters. The molecule has 0 radical (unpaired) electrons. The van der Waals surface area contributed by atoms with Crippen molar-refractivity contribution in [2.45, 2.75) is 13.5 Å². The van der Waals surface area contributed by atoms with Gasteiger partial charge in [-0.1, -0.05) is 46.3 Å². The summed E-state index contributed by atoms with van der Waals surface area (Å²) in [6.45, 7) is 2.80. The number of nitrogens with zero attached hydrogens (tertiary/aromatic N) is 2. The molecule has 2 aromatic carbocycles. The number of anilines is 1. The van der Waals surface area contributed by atoms with Crippen LogP contribution in [-0.2, 0) is 6.54 Å². The third-order valence-electron chi connectivity index (χ3n) is 3.28. The van der Waals surface area contributed by atoms with Crippen LogP contribution in [0.15, 0.2) is 46.9 Å². The molecular formula is C15H14BrN3. The Kier molecular flexibility index (Phi) is 3.03. The monoisotopic (exact) mass is 315 g/mol. The Morgan fingerprint density at radius 3 is 2.74 bits per heavy atom. The van der Waals surface area contributed by atoms with Gasteiger partial charge >= 0.3 is 0 Å². The highest BCUT2D eigenvalue weighted by molar-refractivity contribution is 9.10. The predicted octanol–water partition coefficient (Wildman–Crippen LogP) is 3.74. The van der Waals surface area contributed by atoms with Gasteiger partial charge in [0.25, 0.3) is 0 Å². The number of fused-ring (bicyclic) bond motifs is 1. The number of nitrogens with two attached hydrogens (primary N) is 1. The Bertz CT molecular complexity index is 746. The van der Waals surface area contributed by atoms with Crippen LogP contribution in [0.5, 0.6) is 0 Å². The molecule has 2 N–H and O–H groups in total. The van der Waals surface area contributed by atoms with Gasteiger partial charge in [0.15, 0.2) is 0 Å². The van der Waals surface area contributed by atoms with E-state index < -0.39 is 0 Å². The number of aromatic nitrogens is 2. The predicted molar refractivity (Wildman–Crippen MR) is 82.1 cm³/mol. The van der Waals surface area contributed by atoms with Crippen molar-refractivity contribution in [3.63, 3.8) is 0 Å². The molecule has 0 spiro atoms. The maximum atomic E-state index is 6.06. The van der Waals surface area contributed by atoms with E-state index in [4.69, 9.17) is 5.73 Å². The van der Waals surface area contributed by atoms with Gasteiger partial charge in [-0.25, -0.2) is 4.98 Å². The highest BCUT2D eigenvalue weighted by Gasteiger charge is 2.11. The van der Waals surface area contributed by atoms with Crippen molar-refractivity contribution in [1.29, 1.82) is 0 Å². The molecule has 3 aromatic rings. The van der Waals surface area contributed by atoms with E-state index >= 15 is 0 Å². The second-order valence-electron chi connectivity index (χ2n) is 4.59. The number of benzene rings is 2. The third kappa shape index (κ3) is 2.12. The summed E-state index contributed by atoms with van der Waals surface area (Å²) >= 11 is 3.57. The lowest BCUT2D eigenvalue weighted by molar-refractivity contribution is 0.832. The van der Waals surface area contributed by atoms with Crippen molar-refractivity contribution in [2.75, 3.05) is 5.73 Å². The third-order valence-corrected chi connectivity index (χ3v) is 4.06. The number of halogens is 1. The summed E-state index contributed by atoms with van der Waals surface area (Å²) in [7, 11) is 0. The van der Waals surface area contributed by atoms with Crippen LogP contribution >= 0.6 is 15.9 Å². The highest BCUT2D eigenvalue weighted by atomic mass is 79.9. The zero-order valence-electron chi connectivity index (χ0n) is 10.6. The molecule has 4 heteroatoms. The largest absolute Gasteiger partial charge is 0.369 e. The average Bonchev–Trinajstić information content (AvgIpc) is 2.70. The number of imidazole rings is 1. The number of hydrogen-bond donors (Lipinski definition) is 1. The van der Waals surface area contributed by atoms with Crippen molar-refractivity contribution >= 4 is 32.9 Å². The van der Waals surface area contributed by atoms with Gasteiger partial charge in [0.2, 0.25) is 5.95 Å². The van der Waals surface area contributed by atoms with Crippen LogP contribution in [0.1, 0.15) is 11.1 Å². The molecule has 0 saturated carbocycles. The van der Waals surface area contributed by atoms with E-state index in [9.17, 15) is 0 Å². The highest BCUT2D eigenvalue weighted by Crippen LogP contribution is 2.24. The van der Waals surface area contributed by atoms with E-state index in [0.717, 1.165) is 15.5 Å². The molecule has 96 valence electrons. The quantitative estimate of drug-likeness (QED) is 0.783. The van der Waals surface area contributed by atoms with Gasteiger partial charge in [-0.3, -0.25) is 0 Å². The van der Waals surface area contributed by atoms with Gasteiger partial charge in [-0.2, -0.15) is 0 Å². The van der Waals surface area contributed by atoms with Crippen LogP contribution < -0.4 is 5.73 Å². The molecule has 0 atom stereocenters. The van der Waals surface area contributed by atoms with E-state index in [1.807, 2.05) is 30.3 Å². The molecule has 0 amide bonds. The van der Waals surface area contributed by atoms with E-state index in [1.54, 1.807) is 0 Å². The molecule has 19 heavy (non-hydrogen) atoms. The number of hydrogen-bond acceptors (Lipinski definition) is 2. The molecule has 0 fully saturated rings. The summed E-state index contributed by atoms with van der Waals surface area (Å²) in [5.74, 6) is 0.556. The molecule has 1 aromatic heterocycles. The molecule has 0 aliphatic heterocycles. The lowest BCUT2D eigenvalue weighted by atomic mass is 10.2. The number of rotatable bonds is 2. The Balaban J connectivity index is 2.16. The summed E-state index contributed by atoms with van der Waals surface area (Å²) in [5, 5.41) is 0. The maximum absolute atomic E-state index is 6.06. The lowest BCUT2D eigenvalue weighted by Gasteiger charge is -2.09. The first-order valence-corrected chi connectivity index (χ1v) is 6.91. The smallest absolute Gasteiger partial charge is 0.201 e. The number of aryl methyl sites for hydroxylation is 1. The molecule has 1 heterocycles. The molecule has 0 aliphatic rings. The van der Waals surface area contributed by atoms with Crippen molar-refractivity contribution in [3.8, 4) is 0 Å². The lowest BCUT2D eigenvalue weighted by Crippen LogP contribution is -2.05. The Hall–Kier alpha value is -1.81. The van der Waals surface area contributed by atoms with Gasteiger partial charge in [0.05, 0.1) is 17.6 Å². The van der Waals surface area contributed by atoms with Gasteiger partial charge in [-0.05, 0) is 30.2 Å². The number of nitrogen functional groups attached to an aromatic ring is 1. The maximum Gasteiger partial charge on any atom is 0.201 e. The van der Waals surface area contributed by atoms with E-state index in [-0.39, 0.29) is 0 Å². The standard InChI is InChI=1S/C15H14BrN3/c1-10-5-4-8-13-14(10)19(15(17)18-13)9-11-6-2-3-7-12(11)16/h2-8H,9H2,1H3,(H2,17,18). The van der Waals surface area contributed by atoms with E-state index in [1.165, 1.54) is 11.1 Å². The minimum atomic E-state index is 0.556. The van der Waals surface area contributed by atoms with E-state index in [0.29, 0.717) is 12.5 Å². The van der Waals surface area contributed by atoms with Crippen LogP contribution in [-0.4, -0.2) is 9.55 Å². The Morgan fingerprint density at radius 2 is 1.95 bits per heavy atom. The normalized spacial score (nSPS) is 11.1. The minimum absolute atomic E-state index is 0.556. The number of para-hydroxylation sites is 1. The summed E-state index contributed by atoms with van der Waals surface area (Å²) < 4.78 is 3.15. The average molecular weight is 316 g/mol. The van der Waals surface area contributed by atoms with Gasteiger partial charge in [-0.15, -0.1) is 0 Å². The topological polar surface area (TPSA) is 43.8 Å². The summed E-state index contributed by atoms with van der Waals surface area (Å²) in [6.07, 6.45) is 0. The van der Waals surface area contributed by atoms with Crippen LogP contribution in [0, 0.1) is 6.92 Å². The molecule has 3 nitrogen and oxygen atoms in total.